The number of fused-ring (bicyclic) bond motifs is 1. The lowest BCUT2D eigenvalue weighted by Crippen LogP contribution is -2.72. The van der Waals surface area contributed by atoms with Crippen LogP contribution in [0.3, 0.4) is 0 Å². The Morgan fingerprint density at radius 3 is 1.57 bits per heavy atom. The quantitative estimate of drug-likeness (QED) is 0.105. The van der Waals surface area contributed by atoms with Crippen molar-refractivity contribution in [3.05, 3.63) is 191 Å². The van der Waals surface area contributed by atoms with Gasteiger partial charge in [0.25, 0.3) is 0 Å². The number of amides is 1. The highest BCUT2D eigenvalue weighted by atomic mass is 32.2. The first-order valence-electron chi connectivity index (χ1n) is 15.5. The SMILES string of the molecule is CC1=C(C(=O)OC(c2ccccc2)c2ccccc2)N2C(=O)C(NC(c3ccccc3)(c3ccccc3)c3ccccc3)C2SC1. The molecule has 6 heteroatoms. The van der Waals surface area contributed by atoms with Gasteiger partial charge in [-0.15, -0.1) is 11.8 Å². The van der Waals surface area contributed by atoms with E-state index in [4.69, 9.17) is 4.74 Å². The predicted octanol–water partition coefficient (Wildman–Crippen LogP) is 7.46. The highest BCUT2D eigenvalue weighted by molar-refractivity contribution is 8.00. The number of carbonyl (C=O) groups is 2. The number of thioether (sulfide) groups is 1. The molecule has 7 rings (SSSR count). The molecule has 0 bridgehead atoms. The molecule has 0 aromatic heterocycles. The van der Waals surface area contributed by atoms with Gasteiger partial charge < -0.3 is 4.74 Å². The van der Waals surface area contributed by atoms with Crippen molar-refractivity contribution in [3.8, 4) is 0 Å². The second-order valence-electron chi connectivity index (χ2n) is 11.6. The summed E-state index contributed by atoms with van der Waals surface area (Å²) in [6.45, 7) is 1.91. The van der Waals surface area contributed by atoms with Gasteiger partial charge in [-0.05, 0) is 40.3 Å². The van der Waals surface area contributed by atoms with E-state index in [-0.39, 0.29) is 11.3 Å². The molecule has 2 aliphatic rings. The molecule has 5 aromatic carbocycles. The first kappa shape index (κ1) is 29.8. The predicted molar refractivity (Wildman–Crippen MR) is 183 cm³/mol. The minimum absolute atomic E-state index is 0.147. The van der Waals surface area contributed by atoms with Crippen LogP contribution in [0, 0.1) is 0 Å². The average molecular weight is 623 g/mol. The molecule has 2 aliphatic heterocycles. The first-order chi connectivity index (χ1) is 22.6. The number of esters is 1. The van der Waals surface area contributed by atoms with Crippen molar-refractivity contribution in [2.75, 3.05) is 5.75 Å². The third kappa shape index (κ3) is 5.34. The van der Waals surface area contributed by atoms with E-state index in [2.05, 4.69) is 41.7 Å². The molecule has 0 saturated carbocycles. The van der Waals surface area contributed by atoms with Crippen LogP contribution in [0.2, 0.25) is 0 Å². The molecule has 46 heavy (non-hydrogen) atoms. The molecular weight excluding hydrogens is 589 g/mol. The zero-order chi connectivity index (χ0) is 31.5. The molecule has 0 aliphatic carbocycles. The van der Waals surface area contributed by atoms with E-state index < -0.39 is 23.7 Å². The largest absolute Gasteiger partial charge is 0.448 e. The number of hydrogen-bond acceptors (Lipinski definition) is 5. The highest BCUT2D eigenvalue weighted by Gasteiger charge is 2.56. The highest BCUT2D eigenvalue weighted by Crippen LogP contribution is 2.45. The normalized spacial score (nSPS) is 17.8. The van der Waals surface area contributed by atoms with Crippen molar-refractivity contribution in [3.63, 3.8) is 0 Å². The Hall–Kier alpha value is -4.91. The van der Waals surface area contributed by atoms with Gasteiger partial charge in [0.2, 0.25) is 5.91 Å². The minimum atomic E-state index is -0.806. The van der Waals surface area contributed by atoms with E-state index in [0.717, 1.165) is 33.4 Å². The molecule has 2 heterocycles. The van der Waals surface area contributed by atoms with Gasteiger partial charge in [0.15, 0.2) is 6.10 Å². The second-order valence-corrected chi connectivity index (χ2v) is 12.7. The van der Waals surface area contributed by atoms with Crippen LogP contribution in [-0.2, 0) is 19.9 Å². The Morgan fingerprint density at radius 2 is 1.13 bits per heavy atom. The van der Waals surface area contributed by atoms with Crippen molar-refractivity contribution in [2.45, 2.75) is 30.0 Å². The number of β-lactam (4-membered cyclic amide) rings is 1. The van der Waals surface area contributed by atoms with Crippen LogP contribution in [-0.4, -0.2) is 33.9 Å². The lowest BCUT2D eigenvalue weighted by atomic mass is 9.76. The summed E-state index contributed by atoms with van der Waals surface area (Å²) in [6.07, 6.45) is -0.601. The van der Waals surface area contributed by atoms with Gasteiger partial charge in [-0.2, -0.15) is 0 Å². The van der Waals surface area contributed by atoms with E-state index in [1.54, 1.807) is 16.7 Å². The molecule has 1 N–H and O–H groups in total. The average Bonchev–Trinajstić information content (AvgIpc) is 3.13. The Balaban J connectivity index is 1.23. The summed E-state index contributed by atoms with van der Waals surface area (Å²) in [5.41, 5.74) is 5.19. The zero-order valence-electron chi connectivity index (χ0n) is 25.5. The van der Waals surface area contributed by atoms with Gasteiger partial charge >= 0.3 is 5.97 Å². The topological polar surface area (TPSA) is 58.6 Å². The van der Waals surface area contributed by atoms with Crippen LogP contribution in [0.4, 0.5) is 0 Å². The van der Waals surface area contributed by atoms with Gasteiger partial charge in [0.05, 0.1) is 5.54 Å². The number of rotatable bonds is 9. The molecule has 0 spiro atoms. The number of ether oxygens (including phenoxy) is 1. The van der Waals surface area contributed by atoms with Gasteiger partial charge in [-0.1, -0.05) is 152 Å². The number of benzene rings is 5. The van der Waals surface area contributed by atoms with E-state index in [1.165, 1.54) is 0 Å². The Bertz CT molecular complexity index is 1710. The number of nitrogens with one attached hydrogen (secondary N) is 1. The summed E-state index contributed by atoms with van der Waals surface area (Å²) < 4.78 is 6.26. The lowest BCUT2D eigenvalue weighted by Gasteiger charge is -2.53. The van der Waals surface area contributed by atoms with Gasteiger partial charge in [-0.3, -0.25) is 15.0 Å². The van der Waals surface area contributed by atoms with E-state index in [0.29, 0.717) is 11.4 Å². The van der Waals surface area contributed by atoms with Crippen molar-refractivity contribution in [1.82, 2.24) is 10.2 Å². The monoisotopic (exact) mass is 622 g/mol. The molecule has 5 nitrogen and oxygen atoms in total. The Labute approximate surface area is 273 Å². The zero-order valence-corrected chi connectivity index (χ0v) is 26.3. The maximum atomic E-state index is 14.3. The molecule has 2 atom stereocenters. The molecule has 0 radical (unpaired) electrons. The molecule has 228 valence electrons. The van der Waals surface area contributed by atoms with Crippen LogP contribution >= 0.6 is 11.8 Å². The molecule has 1 fully saturated rings. The van der Waals surface area contributed by atoms with Crippen LogP contribution in [0.25, 0.3) is 0 Å². The maximum Gasteiger partial charge on any atom is 0.356 e. The smallest absolute Gasteiger partial charge is 0.356 e. The standard InChI is InChI=1S/C40H34N2O3S/c1-28-27-46-38-34(41-40(31-21-11-4-12-22-31,32-23-13-5-14-24-32)33-25-15-6-16-26-33)37(43)42(38)35(28)39(44)45-36(29-17-7-2-8-18-29)30-19-9-3-10-20-30/h2-26,34,36,38,41H,27H2,1H3. The third-order valence-corrected chi connectivity index (χ3v) is 10.2. The Morgan fingerprint density at radius 1 is 0.717 bits per heavy atom. The van der Waals surface area contributed by atoms with Crippen molar-refractivity contribution in [2.24, 2.45) is 0 Å². The number of hydrogen-bond donors (Lipinski definition) is 1. The van der Waals surface area contributed by atoms with Crippen LogP contribution in [0.5, 0.6) is 0 Å². The summed E-state index contributed by atoms with van der Waals surface area (Å²) >= 11 is 1.67. The third-order valence-electron chi connectivity index (χ3n) is 8.77. The summed E-state index contributed by atoms with van der Waals surface area (Å²) in [4.78, 5) is 30.0. The molecular formula is C40H34N2O3S. The minimum Gasteiger partial charge on any atom is -0.448 e. The number of carbonyl (C=O) groups excluding carboxylic acids is 2. The first-order valence-corrected chi connectivity index (χ1v) is 16.5. The molecule has 5 aromatic rings. The molecule has 1 saturated heterocycles. The molecule has 2 unspecified atom stereocenters. The van der Waals surface area contributed by atoms with Crippen molar-refractivity contribution >= 4 is 23.6 Å². The van der Waals surface area contributed by atoms with Crippen molar-refractivity contribution < 1.29 is 14.3 Å². The maximum absolute atomic E-state index is 14.3. The van der Waals surface area contributed by atoms with Crippen LogP contribution < -0.4 is 5.32 Å². The summed E-state index contributed by atoms with van der Waals surface area (Å²) in [5.74, 6) is -0.0210. The van der Waals surface area contributed by atoms with Crippen LogP contribution in [0.1, 0.15) is 40.8 Å². The fourth-order valence-electron chi connectivity index (χ4n) is 6.56. The van der Waals surface area contributed by atoms with E-state index >= 15 is 0 Å². The Kier molecular flexibility index (Phi) is 8.31. The van der Waals surface area contributed by atoms with E-state index in [1.807, 2.05) is 122 Å². The lowest BCUT2D eigenvalue weighted by molar-refractivity contribution is -0.154. The fourth-order valence-corrected chi connectivity index (χ4v) is 7.85. The van der Waals surface area contributed by atoms with Gasteiger partial charge in [-0.25, -0.2) is 4.79 Å². The molecule has 1 amide bonds. The summed E-state index contributed by atoms with van der Waals surface area (Å²) in [6, 6.07) is 49.7. The fraction of sp³-hybridized carbons (Fsp3) is 0.150. The summed E-state index contributed by atoms with van der Waals surface area (Å²) in [7, 11) is 0. The van der Waals surface area contributed by atoms with Crippen LogP contribution in [0.15, 0.2) is 163 Å². The summed E-state index contributed by atoms with van der Waals surface area (Å²) in [5, 5.41) is 3.57. The van der Waals surface area contributed by atoms with Gasteiger partial charge in [0, 0.05) is 5.75 Å². The van der Waals surface area contributed by atoms with Crippen molar-refractivity contribution in [1.29, 1.82) is 0 Å². The number of nitrogens with zero attached hydrogens (tertiary/aromatic N) is 1. The van der Waals surface area contributed by atoms with E-state index in [9.17, 15) is 9.59 Å². The second kappa shape index (κ2) is 12.8. The van der Waals surface area contributed by atoms with Gasteiger partial charge in [0.1, 0.15) is 17.1 Å².